The van der Waals surface area contributed by atoms with Crippen LogP contribution in [0.1, 0.15) is 48.3 Å². The Kier molecular flexibility index (Phi) is 5.96. The number of ether oxygens (including phenoxy) is 2. The summed E-state index contributed by atoms with van der Waals surface area (Å²) in [6, 6.07) is 12.7. The summed E-state index contributed by atoms with van der Waals surface area (Å²) >= 11 is 0. The van der Waals surface area contributed by atoms with Crippen LogP contribution in [0.15, 0.2) is 55.4 Å². The van der Waals surface area contributed by atoms with E-state index in [2.05, 4.69) is 21.9 Å². The third-order valence-corrected chi connectivity index (χ3v) is 6.12. The second-order valence-electron chi connectivity index (χ2n) is 8.61. The van der Waals surface area contributed by atoms with Gasteiger partial charge in [-0.1, -0.05) is 18.7 Å². The number of benzene rings is 2. The van der Waals surface area contributed by atoms with Gasteiger partial charge in [-0.3, -0.25) is 0 Å². The topological polar surface area (TPSA) is 82.3 Å². The molecular formula is C26H27FN4O2. The molecule has 0 radical (unpaired) electrons. The van der Waals surface area contributed by atoms with Crippen molar-refractivity contribution in [2.24, 2.45) is 0 Å². The molecule has 3 aromatic rings. The van der Waals surface area contributed by atoms with E-state index in [9.17, 15) is 4.39 Å². The van der Waals surface area contributed by atoms with Crippen LogP contribution in [-0.4, -0.2) is 29.2 Å². The molecule has 2 fully saturated rings. The summed E-state index contributed by atoms with van der Waals surface area (Å²) in [7, 11) is 0. The van der Waals surface area contributed by atoms with E-state index < -0.39 is 0 Å². The molecule has 5 rings (SSSR count). The van der Waals surface area contributed by atoms with Crippen LogP contribution in [0.5, 0.6) is 11.5 Å². The van der Waals surface area contributed by atoms with E-state index in [1.807, 2.05) is 30.3 Å². The molecule has 1 saturated carbocycles. The monoisotopic (exact) mass is 446 g/mol. The Morgan fingerprint density at radius 1 is 1.03 bits per heavy atom. The zero-order chi connectivity index (χ0) is 22.8. The van der Waals surface area contributed by atoms with Crippen LogP contribution >= 0.6 is 0 Å². The van der Waals surface area contributed by atoms with Gasteiger partial charge in [0.25, 0.3) is 0 Å². The first kappa shape index (κ1) is 21.4. The van der Waals surface area contributed by atoms with Crippen molar-refractivity contribution in [3.63, 3.8) is 0 Å². The molecule has 7 heteroatoms. The highest BCUT2D eigenvalue weighted by atomic mass is 19.1. The zero-order valence-corrected chi connectivity index (χ0v) is 18.4. The highest BCUT2D eigenvalue weighted by molar-refractivity contribution is 5.88. The van der Waals surface area contributed by atoms with Gasteiger partial charge in [0.15, 0.2) is 0 Å². The quantitative estimate of drug-likeness (QED) is 0.497. The minimum absolute atomic E-state index is 0.266. The van der Waals surface area contributed by atoms with E-state index in [4.69, 9.17) is 15.2 Å². The smallest absolute Gasteiger partial charge is 0.139 e. The van der Waals surface area contributed by atoms with Gasteiger partial charge >= 0.3 is 0 Å². The third-order valence-electron chi connectivity index (χ3n) is 6.12. The predicted octanol–water partition coefficient (Wildman–Crippen LogP) is 5.52. The number of nitrogens with one attached hydrogen (secondary N) is 1. The molecule has 6 nitrogen and oxygen atoms in total. The molecule has 1 aliphatic heterocycles. The van der Waals surface area contributed by atoms with Crippen LogP contribution in [0.3, 0.4) is 0 Å². The molecule has 0 unspecified atom stereocenters. The largest absolute Gasteiger partial charge is 0.457 e. The number of hydrogen-bond acceptors (Lipinski definition) is 6. The number of rotatable bonds is 7. The Morgan fingerprint density at radius 3 is 2.52 bits per heavy atom. The molecular weight excluding hydrogens is 419 g/mol. The van der Waals surface area contributed by atoms with Crippen LogP contribution < -0.4 is 15.8 Å². The Labute approximate surface area is 192 Å². The van der Waals surface area contributed by atoms with Crippen LogP contribution in [0.25, 0.3) is 5.57 Å². The van der Waals surface area contributed by atoms with Crippen LogP contribution in [0.4, 0.5) is 16.0 Å². The molecule has 2 aliphatic rings. The Hall–Kier alpha value is -3.45. The number of halogens is 1. The zero-order valence-electron chi connectivity index (χ0n) is 18.4. The third kappa shape index (κ3) is 4.98. The van der Waals surface area contributed by atoms with E-state index in [0.717, 1.165) is 55.6 Å². The molecule has 1 saturated heterocycles. The van der Waals surface area contributed by atoms with Crippen molar-refractivity contribution < 1.29 is 13.9 Å². The van der Waals surface area contributed by atoms with Crippen molar-refractivity contribution in [3.8, 4) is 11.5 Å². The summed E-state index contributed by atoms with van der Waals surface area (Å²) in [6.07, 6.45) is 5.49. The first-order valence-corrected chi connectivity index (χ1v) is 11.3. The van der Waals surface area contributed by atoms with Gasteiger partial charge in [-0.2, -0.15) is 0 Å². The van der Waals surface area contributed by atoms with Crippen LogP contribution in [0.2, 0.25) is 0 Å². The molecule has 0 amide bonds. The normalized spacial score (nSPS) is 16.4. The number of aromatic nitrogens is 2. The maximum absolute atomic E-state index is 14.0. The molecule has 2 heterocycles. The highest BCUT2D eigenvalue weighted by Gasteiger charge is 2.24. The number of anilines is 2. The van der Waals surface area contributed by atoms with E-state index >= 15 is 0 Å². The maximum atomic E-state index is 14.0. The van der Waals surface area contributed by atoms with Crippen LogP contribution in [-0.2, 0) is 4.74 Å². The molecule has 2 aromatic carbocycles. The summed E-state index contributed by atoms with van der Waals surface area (Å²) in [5, 5.41) is 3.48. The lowest BCUT2D eigenvalue weighted by Gasteiger charge is -2.25. The summed E-state index contributed by atoms with van der Waals surface area (Å²) in [4.78, 5) is 8.59. The fourth-order valence-electron chi connectivity index (χ4n) is 4.14. The second-order valence-corrected chi connectivity index (χ2v) is 8.61. The molecule has 1 aromatic heterocycles. The van der Waals surface area contributed by atoms with E-state index in [1.165, 1.54) is 12.4 Å². The Bertz CT molecular complexity index is 1160. The van der Waals surface area contributed by atoms with Gasteiger partial charge in [0.1, 0.15) is 35.3 Å². The fraction of sp³-hybridized carbons (Fsp3) is 0.308. The summed E-state index contributed by atoms with van der Waals surface area (Å²) in [5.74, 6) is 2.35. The molecule has 0 spiro atoms. The van der Waals surface area contributed by atoms with Gasteiger partial charge in [-0.15, -0.1) is 0 Å². The molecule has 170 valence electrons. The molecule has 0 bridgehead atoms. The lowest BCUT2D eigenvalue weighted by Crippen LogP contribution is -2.28. The summed E-state index contributed by atoms with van der Waals surface area (Å²) < 4.78 is 25.4. The molecule has 1 aliphatic carbocycles. The average molecular weight is 447 g/mol. The lowest BCUT2D eigenvalue weighted by atomic mass is 9.99. The number of hydrogen-bond donors (Lipinski definition) is 2. The minimum atomic E-state index is -0.275. The first-order valence-electron chi connectivity index (χ1n) is 11.3. The minimum Gasteiger partial charge on any atom is -0.457 e. The molecule has 3 N–H and O–H groups in total. The Balaban J connectivity index is 1.34. The predicted molar refractivity (Wildman–Crippen MR) is 127 cm³/mol. The van der Waals surface area contributed by atoms with Gasteiger partial charge in [-0.25, -0.2) is 14.4 Å². The summed E-state index contributed by atoms with van der Waals surface area (Å²) in [5.41, 5.74) is 9.50. The van der Waals surface area contributed by atoms with Crippen molar-refractivity contribution in [1.29, 1.82) is 0 Å². The molecule has 0 atom stereocenters. The lowest BCUT2D eigenvalue weighted by molar-refractivity contribution is 0.0904. The van der Waals surface area contributed by atoms with E-state index in [0.29, 0.717) is 34.6 Å². The van der Waals surface area contributed by atoms with Gasteiger partial charge < -0.3 is 20.5 Å². The van der Waals surface area contributed by atoms with Crippen molar-refractivity contribution in [2.45, 2.75) is 37.6 Å². The van der Waals surface area contributed by atoms with E-state index in [1.54, 1.807) is 6.07 Å². The van der Waals surface area contributed by atoms with Gasteiger partial charge in [-0.05, 0) is 72.6 Å². The van der Waals surface area contributed by atoms with Crippen molar-refractivity contribution in [3.05, 3.63) is 77.9 Å². The van der Waals surface area contributed by atoms with E-state index in [-0.39, 0.29) is 11.9 Å². The van der Waals surface area contributed by atoms with Gasteiger partial charge in [0.05, 0.1) is 5.56 Å². The average Bonchev–Trinajstić information content (AvgIpc) is 3.65. The van der Waals surface area contributed by atoms with Crippen LogP contribution in [0, 0.1) is 5.82 Å². The maximum Gasteiger partial charge on any atom is 0.139 e. The van der Waals surface area contributed by atoms with Gasteiger partial charge in [0.2, 0.25) is 0 Å². The SMILES string of the molecule is C=C(c1ccc(Oc2cc(F)cc(C3CC3)c2)cc1)c1c(N)ncnc1NC1CCOCC1. The standard InChI is InChI=1S/C26H27FN4O2/c1-16(24-25(28)29-15-30-26(24)31-21-8-10-32-11-9-21)17-4-6-22(7-5-17)33-23-13-19(18-2-3-18)12-20(27)14-23/h4-7,12-15,18,21H,1-3,8-11H2,(H3,28,29,30,31). The van der Waals surface area contributed by atoms with Crippen molar-refractivity contribution in [2.75, 3.05) is 24.3 Å². The van der Waals surface area contributed by atoms with Crippen molar-refractivity contribution in [1.82, 2.24) is 9.97 Å². The Morgan fingerprint density at radius 2 is 1.79 bits per heavy atom. The fourth-order valence-corrected chi connectivity index (χ4v) is 4.14. The number of nitrogen functional groups attached to an aromatic ring is 1. The van der Waals surface area contributed by atoms with Gasteiger partial charge in [0, 0.05) is 25.3 Å². The molecule has 33 heavy (non-hydrogen) atoms. The highest BCUT2D eigenvalue weighted by Crippen LogP contribution is 2.42. The van der Waals surface area contributed by atoms with Crippen molar-refractivity contribution >= 4 is 17.2 Å². The summed E-state index contributed by atoms with van der Waals surface area (Å²) in [6.45, 7) is 5.71. The number of nitrogens with two attached hydrogens (primary N) is 1. The second kappa shape index (κ2) is 9.19. The number of nitrogens with zero attached hydrogens (tertiary/aromatic N) is 2. The first-order chi connectivity index (χ1) is 16.1.